The van der Waals surface area contributed by atoms with Crippen LogP contribution in [-0.2, 0) is 22.7 Å². The Hall–Kier alpha value is -3.80. The molecular formula is C30H26Cl2N2O3. The van der Waals surface area contributed by atoms with E-state index >= 15 is 0 Å². The summed E-state index contributed by atoms with van der Waals surface area (Å²) in [4.78, 5) is 28.8. The van der Waals surface area contributed by atoms with Crippen LogP contribution in [0.1, 0.15) is 22.7 Å². The zero-order valence-electron chi connectivity index (χ0n) is 20.0. The third-order valence-corrected chi connectivity index (χ3v) is 6.40. The van der Waals surface area contributed by atoms with Gasteiger partial charge in [-0.2, -0.15) is 0 Å². The number of rotatable bonds is 10. The second kappa shape index (κ2) is 12.9. The Morgan fingerprint density at radius 1 is 0.784 bits per heavy atom. The second-order valence-corrected chi connectivity index (χ2v) is 9.22. The molecule has 0 aromatic heterocycles. The molecule has 5 nitrogen and oxygen atoms in total. The topological polar surface area (TPSA) is 58.6 Å². The van der Waals surface area contributed by atoms with E-state index in [0.29, 0.717) is 21.4 Å². The zero-order valence-corrected chi connectivity index (χ0v) is 21.5. The SMILES string of the molecule is O=C(NCc1ccccc1Cl)[C@@H](c1ccccc1)N(Cc1ccc(Cl)cc1)C(=O)COc1ccccc1. The Morgan fingerprint density at radius 2 is 1.41 bits per heavy atom. The van der Waals surface area contributed by atoms with Crippen molar-refractivity contribution in [1.29, 1.82) is 0 Å². The highest BCUT2D eigenvalue weighted by Crippen LogP contribution is 2.25. The van der Waals surface area contributed by atoms with Gasteiger partial charge < -0.3 is 15.0 Å². The fourth-order valence-corrected chi connectivity index (χ4v) is 4.21. The molecule has 4 aromatic carbocycles. The van der Waals surface area contributed by atoms with Crippen LogP contribution in [0.4, 0.5) is 0 Å². The van der Waals surface area contributed by atoms with E-state index in [4.69, 9.17) is 27.9 Å². The molecule has 4 aromatic rings. The summed E-state index contributed by atoms with van der Waals surface area (Å²) < 4.78 is 5.75. The monoisotopic (exact) mass is 532 g/mol. The Morgan fingerprint density at radius 3 is 2.08 bits per heavy atom. The largest absolute Gasteiger partial charge is 0.484 e. The van der Waals surface area contributed by atoms with Crippen LogP contribution in [0.3, 0.4) is 0 Å². The van der Waals surface area contributed by atoms with Gasteiger partial charge in [-0.15, -0.1) is 0 Å². The fourth-order valence-electron chi connectivity index (χ4n) is 3.88. The first-order chi connectivity index (χ1) is 18.0. The van der Waals surface area contributed by atoms with E-state index in [1.807, 2.05) is 78.9 Å². The molecule has 188 valence electrons. The zero-order chi connectivity index (χ0) is 26.0. The number of hydrogen-bond donors (Lipinski definition) is 1. The van der Waals surface area contributed by atoms with E-state index in [1.54, 1.807) is 30.3 Å². The molecule has 0 heterocycles. The molecule has 0 radical (unpaired) electrons. The van der Waals surface area contributed by atoms with Gasteiger partial charge in [-0.05, 0) is 47.0 Å². The molecule has 1 atom stereocenters. The summed E-state index contributed by atoms with van der Waals surface area (Å²) in [5.41, 5.74) is 2.30. The smallest absolute Gasteiger partial charge is 0.261 e. The minimum atomic E-state index is -0.897. The van der Waals surface area contributed by atoms with Crippen LogP contribution >= 0.6 is 23.2 Å². The quantitative estimate of drug-likeness (QED) is 0.255. The molecular weight excluding hydrogens is 507 g/mol. The highest BCUT2D eigenvalue weighted by molar-refractivity contribution is 6.31. The van der Waals surface area contributed by atoms with E-state index in [1.165, 1.54) is 4.90 Å². The molecule has 0 unspecified atom stereocenters. The number of para-hydroxylation sites is 1. The highest BCUT2D eigenvalue weighted by atomic mass is 35.5. The summed E-state index contributed by atoms with van der Waals surface area (Å²) in [5, 5.41) is 4.11. The van der Waals surface area contributed by atoms with Gasteiger partial charge in [0.15, 0.2) is 6.61 Å². The van der Waals surface area contributed by atoms with Crippen molar-refractivity contribution < 1.29 is 14.3 Å². The van der Waals surface area contributed by atoms with Crippen LogP contribution in [-0.4, -0.2) is 23.3 Å². The summed E-state index contributed by atoms with van der Waals surface area (Å²) in [6.45, 7) is 0.192. The molecule has 0 bridgehead atoms. The fraction of sp³-hybridized carbons (Fsp3) is 0.133. The Labute approximate surface area is 226 Å². The summed E-state index contributed by atoms with van der Waals surface area (Å²) in [7, 11) is 0. The van der Waals surface area contributed by atoms with Crippen molar-refractivity contribution in [3.05, 3.63) is 136 Å². The number of halogens is 2. The van der Waals surface area contributed by atoms with Crippen molar-refractivity contribution in [3.63, 3.8) is 0 Å². The maximum Gasteiger partial charge on any atom is 0.261 e. The maximum atomic E-state index is 13.7. The van der Waals surface area contributed by atoms with Crippen LogP contribution in [0.15, 0.2) is 109 Å². The lowest BCUT2D eigenvalue weighted by Crippen LogP contribution is -2.45. The third-order valence-electron chi connectivity index (χ3n) is 5.78. The molecule has 37 heavy (non-hydrogen) atoms. The Kier molecular flexibility index (Phi) is 9.19. The van der Waals surface area contributed by atoms with Crippen LogP contribution in [0.5, 0.6) is 5.75 Å². The minimum Gasteiger partial charge on any atom is -0.484 e. The number of amides is 2. The minimum absolute atomic E-state index is 0.188. The van der Waals surface area contributed by atoms with Gasteiger partial charge in [-0.3, -0.25) is 9.59 Å². The van der Waals surface area contributed by atoms with Crippen molar-refractivity contribution >= 4 is 35.0 Å². The first-order valence-corrected chi connectivity index (χ1v) is 12.5. The van der Waals surface area contributed by atoms with Gasteiger partial charge in [0.1, 0.15) is 11.8 Å². The third kappa shape index (κ3) is 7.35. The predicted molar refractivity (Wildman–Crippen MR) is 146 cm³/mol. The van der Waals surface area contributed by atoms with Gasteiger partial charge in [0.25, 0.3) is 5.91 Å². The van der Waals surface area contributed by atoms with Crippen LogP contribution in [0.2, 0.25) is 10.0 Å². The van der Waals surface area contributed by atoms with Gasteiger partial charge in [0.2, 0.25) is 5.91 Å². The molecule has 0 fully saturated rings. The molecule has 0 saturated carbocycles. The van der Waals surface area contributed by atoms with E-state index in [0.717, 1.165) is 11.1 Å². The average molecular weight is 533 g/mol. The summed E-state index contributed by atoms with van der Waals surface area (Å²) >= 11 is 12.4. The predicted octanol–water partition coefficient (Wildman–Crippen LogP) is 6.46. The standard InChI is InChI=1S/C30H26Cl2N2O3/c31-25-17-15-22(16-18-25)20-34(28(35)21-37-26-12-5-2-6-13-26)29(23-9-3-1-4-10-23)30(36)33-19-24-11-7-8-14-27(24)32/h1-18,29H,19-21H2,(H,33,36)/t29-/m1/s1. The molecule has 0 aliphatic rings. The Bertz CT molecular complexity index is 1320. The molecule has 0 aliphatic carbocycles. The molecule has 0 saturated heterocycles. The lowest BCUT2D eigenvalue weighted by atomic mass is 10.0. The number of carbonyl (C=O) groups excluding carboxylic acids is 2. The lowest BCUT2D eigenvalue weighted by Gasteiger charge is -2.31. The second-order valence-electron chi connectivity index (χ2n) is 8.37. The van der Waals surface area contributed by atoms with Gasteiger partial charge in [-0.1, -0.05) is 102 Å². The van der Waals surface area contributed by atoms with Crippen molar-refractivity contribution in [1.82, 2.24) is 10.2 Å². The van der Waals surface area contributed by atoms with Crippen LogP contribution in [0.25, 0.3) is 0 Å². The summed E-state index contributed by atoms with van der Waals surface area (Å²) in [6, 6.07) is 31.9. The number of ether oxygens (including phenoxy) is 1. The molecule has 0 aliphatic heterocycles. The first kappa shape index (κ1) is 26.3. The van der Waals surface area contributed by atoms with Crippen molar-refractivity contribution in [2.45, 2.75) is 19.1 Å². The van der Waals surface area contributed by atoms with E-state index in [9.17, 15) is 9.59 Å². The average Bonchev–Trinajstić information content (AvgIpc) is 2.93. The van der Waals surface area contributed by atoms with E-state index in [2.05, 4.69) is 5.32 Å². The molecule has 4 rings (SSSR count). The number of benzene rings is 4. The lowest BCUT2D eigenvalue weighted by molar-refractivity contribution is -0.143. The normalized spacial score (nSPS) is 11.4. The van der Waals surface area contributed by atoms with Gasteiger partial charge in [-0.25, -0.2) is 0 Å². The number of nitrogens with zero attached hydrogens (tertiary/aromatic N) is 1. The van der Waals surface area contributed by atoms with E-state index < -0.39 is 6.04 Å². The number of carbonyl (C=O) groups is 2. The van der Waals surface area contributed by atoms with Gasteiger partial charge in [0, 0.05) is 23.1 Å². The summed E-state index contributed by atoms with van der Waals surface area (Å²) in [5.74, 6) is -0.0876. The maximum absolute atomic E-state index is 13.7. The summed E-state index contributed by atoms with van der Waals surface area (Å²) in [6.07, 6.45) is 0. The van der Waals surface area contributed by atoms with Gasteiger partial charge >= 0.3 is 0 Å². The first-order valence-electron chi connectivity index (χ1n) is 11.8. The molecule has 0 spiro atoms. The molecule has 7 heteroatoms. The van der Waals surface area contributed by atoms with Crippen molar-refractivity contribution in [3.8, 4) is 5.75 Å². The number of nitrogens with one attached hydrogen (secondary N) is 1. The highest BCUT2D eigenvalue weighted by Gasteiger charge is 2.32. The van der Waals surface area contributed by atoms with Crippen LogP contribution < -0.4 is 10.1 Å². The van der Waals surface area contributed by atoms with Crippen molar-refractivity contribution in [2.75, 3.05) is 6.61 Å². The molecule has 1 N–H and O–H groups in total. The van der Waals surface area contributed by atoms with Gasteiger partial charge in [0.05, 0.1) is 0 Å². The number of hydrogen-bond acceptors (Lipinski definition) is 3. The molecule has 2 amide bonds. The van der Waals surface area contributed by atoms with Crippen molar-refractivity contribution in [2.24, 2.45) is 0 Å². The van der Waals surface area contributed by atoms with E-state index in [-0.39, 0.29) is 31.5 Å². The Balaban J connectivity index is 1.63. The van der Waals surface area contributed by atoms with Crippen LogP contribution in [0, 0.1) is 0 Å².